The number of alkyl halides is 3. The van der Waals surface area contributed by atoms with Gasteiger partial charge in [0.25, 0.3) is 0 Å². The van der Waals surface area contributed by atoms with Crippen molar-refractivity contribution in [3.8, 4) is 0 Å². The summed E-state index contributed by atoms with van der Waals surface area (Å²) < 4.78 is 42.7. The van der Waals surface area contributed by atoms with Crippen LogP contribution >= 0.6 is 0 Å². The molecule has 0 radical (unpaired) electrons. The van der Waals surface area contributed by atoms with Crippen molar-refractivity contribution >= 4 is 5.96 Å². The highest BCUT2D eigenvalue weighted by Crippen LogP contribution is 2.24. The van der Waals surface area contributed by atoms with Crippen molar-refractivity contribution in [1.29, 1.82) is 0 Å². The zero-order valence-electron chi connectivity index (χ0n) is 16.8. The lowest BCUT2D eigenvalue weighted by molar-refractivity contribution is -0.143. The van der Waals surface area contributed by atoms with E-state index < -0.39 is 12.7 Å². The Hall–Kier alpha value is -1.74. The van der Waals surface area contributed by atoms with E-state index in [0.29, 0.717) is 32.0 Å². The largest absolute Gasteiger partial charge is 0.468 e. The summed E-state index contributed by atoms with van der Waals surface area (Å²) in [7, 11) is 3.17. The fourth-order valence-electron chi connectivity index (χ4n) is 3.48. The number of nitrogens with one attached hydrogen (secondary N) is 2. The molecule has 1 aromatic rings. The van der Waals surface area contributed by atoms with Gasteiger partial charge in [-0.05, 0) is 58.1 Å². The fraction of sp³-hybridized carbons (Fsp3) is 0.737. The highest BCUT2D eigenvalue weighted by molar-refractivity contribution is 5.79. The van der Waals surface area contributed by atoms with Crippen molar-refractivity contribution in [2.45, 2.75) is 37.9 Å². The van der Waals surface area contributed by atoms with Crippen LogP contribution in [0.15, 0.2) is 27.8 Å². The van der Waals surface area contributed by atoms with Crippen LogP contribution in [0.5, 0.6) is 0 Å². The first kappa shape index (κ1) is 22.5. The van der Waals surface area contributed by atoms with Gasteiger partial charge in [-0.15, -0.1) is 0 Å². The molecule has 0 aromatic carbocycles. The van der Waals surface area contributed by atoms with Crippen molar-refractivity contribution in [3.05, 3.63) is 24.2 Å². The van der Waals surface area contributed by atoms with Gasteiger partial charge in [-0.2, -0.15) is 13.2 Å². The summed E-state index contributed by atoms with van der Waals surface area (Å²) in [5.74, 6) is 1.57. The maximum Gasteiger partial charge on any atom is 0.401 e. The van der Waals surface area contributed by atoms with Gasteiger partial charge in [0.1, 0.15) is 5.76 Å². The van der Waals surface area contributed by atoms with Gasteiger partial charge in [0.05, 0.1) is 18.8 Å². The minimum atomic E-state index is -4.16. The van der Waals surface area contributed by atoms with Gasteiger partial charge < -0.3 is 15.1 Å². The van der Waals surface area contributed by atoms with Crippen molar-refractivity contribution in [1.82, 2.24) is 20.4 Å². The number of furan rings is 1. The SMILES string of the molecule is CN=C(NCCCN(C)CC(F)(F)F)NCC(c1ccco1)N1CCCCC1. The summed E-state index contributed by atoms with van der Waals surface area (Å²) >= 11 is 0. The molecule has 0 amide bonds. The van der Waals surface area contributed by atoms with Crippen LogP contribution < -0.4 is 10.6 Å². The average Bonchev–Trinajstić information content (AvgIpc) is 3.17. The van der Waals surface area contributed by atoms with Crippen molar-refractivity contribution in [3.63, 3.8) is 0 Å². The topological polar surface area (TPSA) is 56.0 Å². The minimum absolute atomic E-state index is 0.131. The monoisotopic (exact) mass is 403 g/mol. The normalized spacial score (nSPS) is 17.7. The predicted molar refractivity (Wildman–Crippen MR) is 104 cm³/mol. The van der Waals surface area contributed by atoms with E-state index in [9.17, 15) is 13.2 Å². The number of rotatable bonds is 9. The number of nitrogens with zero attached hydrogens (tertiary/aromatic N) is 3. The van der Waals surface area contributed by atoms with Crippen LogP contribution in [0.1, 0.15) is 37.5 Å². The smallest absolute Gasteiger partial charge is 0.401 e. The quantitative estimate of drug-likeness (QED) is 0.377. The lowest BCUT2D eigenvalue weighted by Gasteiger charge is -2.33. The van der Waals surface area contributed by atoms with Crippen molar-refractivity contribution < 1.29 is 17.6 Å². The van der Waals surface area contributed by atoms with E-state index in [4.69, 9.17) is 4.42 Å². The summed E-state index contributed by atoms with van der Waals surface area (Å²) in [5, 5.41) is 6.50. The number of guanidine groups is 1. The molecule has 160 valence electrons. The Labute approximate surface area is 165 Å². The van der Waals surface area contributed by atoms with E-state index in [1.54, 1.807) is 13.3 Å². The average molecular weight is 403 g/mol. The molecule has 0 aliphatic carbocycles. The van der Waals surface area contributed by atoms with E-state index in [1.165, 1.54) is 31.2 Å². The summed E-state index contributed by atoms with van der Waals surface area (Å²) in [6.45, 7) is 2.78. The molecule has 1 aromatic heterocycles. The summed E-state index contributed by atoms with van der Waals surface area (Å²) in [4.78, 5) is 7.92. The standard InChI is InChI=1S/C19H32F3N5O/c1-23-18(24-9-7-10-26(2)15-19(20,21)22)25-14-16(17-8-6-13-28-17)27-11-4-3-5-12-27/h6,8,13,16H,3-5,7,9-12,14-15H2,1-2H3,(H2,23,24,25). The highest BCUT2D eigenvalue weighted by atomic mass is 19.4. The van der Waals surface area contributed by atoms with Crippen LogP contribution in [-0.2, 0) is 0 Å². The Balaban J connectivity index is 1.76. The Bertz CT molecular complexity index is 571. The van der Waals surface area contributed by atoms with Crippen LogP contribution in [0.2, 0.25) is 0 Å². The van der Waals surface area contributed by atoms with E-state index >= 15 is 0 Å². The van der Waals surface area contributed by atoms with E-state index in [0.717, 1.165) is 18.8 Å². The van der Waals surface area contributed by atoms with Gasteiger partial charge in [-0.25, -0.2) is 0 Å². The molecule has 2 rings (SSSR count). The van der Waals surface area contributed by atoms with Gasteiger partial charge in [-0.3, -0.25) is 14.8 Å². The third kappa shape index (κ3) is 8.10. The Morgan fingerprint density at radius 1 is 1.29 bits per heavy atom. The van der Waals surface area contributed by atoms with Gasteiger partial charge in [0, 0.05) is 20.1 Å². The molecule has 2 N–H and O–H groups in total. The number of likely N-dealkylation sites (tertiary alicyclic amines) is 1. The predicted octanol–water partition coefficient (Wildman–Crippen LogP) is 2.86. The summed E-state index contributed by atoms with van der Waals surface area (Å²) in [5.41, 5.74) is 0. The molecule has 1 unspecified atom stereocenters. The van der Waals surface area contributed by atoms with Crippen LogP contribution in [-0.4, -0.2) is 75.3 Å². The first-order valence-corrected chi connectivity index (χ1v) is 9.86. The van der Waals surface area contributed by atoms with Crippen molar-refractivity contribution in [2.24, 2.45) is 4.99 Å². The third-order valence-electron chi connectivity index (χ3n) is 4.85. The molecule has 1 atom stereocenters. The molecule has 1 aliphatic heterocycles. The molecule has 1 saturated heterocycles. The van der Waals surface area contributed by atoms with E-state index in [-0.39, 0.29) is 6.04 Å². The van der Waals surface area contributed by atoms with E-state index in [1.807, 2.05) is 12.1 Å². The number of halogens is 3. The highest BCUT2D eigenvalue weighted by Gasteiger charge is 2.28. The molecular formula is C19H32F3N5O. The van der Waals surface area contributed by atoms with Gasteiger partial charge in [0.15, 0.2) is 5.96 Å². The number of hydrogen-bond acceptors (Lipinski definition) is 4. The molecule has 0 bridgehead atoms. The first-order chi connectivity index (χ1) is 13.4. The molecule has 9 heteroatoms. The first-order valence-electron chi connectivity index (χ1n) is 9.86. The molecular weight excluding hydrogens is 371 g/mol. The zero-order valence-corrected chi connectivity index (χ0v) is 16.8. The fourth-order valence-corrected chi connectivity index (χ4v) is 3.48. The molecule has 2 heterocycles. The second-order valence-corrected chi connectivity index (χ2v) is 7.21. The number of piperidine rings is 1. The molecule has 0 saturated carbocycles. The molecule has 1 fully saturated rings. The Morgan fingerprint density at radius 2 is 2.04 bits per heavy atom. The molecule has 0 spiro atoms. The Morgan fingerprint density at radius 3 is 2.64 bits per heavy atom. The second-order valence-electron chi connectivity index (χ2n) is 7.21. The van der Waals surface area contributed by atoms with E-state index in [2.05, 4.69) is 20.5 Å². The maximum atomic E-state index is 12.3. The van der Waals surface area contributed by atoms with Gasteiger partial charge in [0.2, 0.25) is 0 Å². The van der Waals surface area contributed by atoms with Crippen LogP contribution in [0.25, 0.3) is 0 Å². The lowest BCUT2D eigenvalue weighted by atomic mass is 10.1. The Kier molecular flexibility index (Phi) is 9.11. The summed E-state index contributed by atoms with van der Waals surface area (Å²) in [6, 6.07) is 4.02. The minimum Gasteiger partial charge on any atom is -0.468 e. The number of aliphatic imine (C=N–C) groups is 1. The van der Waals surface area contributed by atoms with Crippen LogP contribution in [0.4, 0.5) is 13.2 Å². The molecule has 1 aliphatic rings. The van der Waals surface area contributed by atoms with Crippen molar-refractivity contribution in [2.75, 3.05) is 53.4 Å². The van der Waals surface area contributed by atoms with Gasteiger partial charge in [-0.1, -0.05) is 6.42 Å². The molecule has 6 nitrogen and oxygen atoms in total. The summed E-state index contributed by atoms with van der Waals surface area (Å²) in [6.07, 6.45) is 1.78. The van der Waals surface area contributed by atoms with Gasteiger partial charge >= 0.3 is 6.18 Å². The third-order valence-corrected chi connectivity index (χ3v) is 4.85. The van der Waals surface area contributed by atoms with Crippen LogP contribution in [0, 0.1) is 0 Å². The maximum absolute atomic E-state index is 12.3. The molecule has 28 heavy (non-hydrogen) atoms. The zero-order chi connectivity index (χ0) is 20.4. The van der Waals surface area contributed by atoms with Crippen LogP contribution in [0.3, 0.4) is 0 Å². The lowest BCUT2D eigenvalue weighted by Crippen LogP contribution is -2.45. The number of hydrogen-bond donors (Lipinski definition) is 2. The second kappa shape index (κ2) is 11.3.